The smallest absolute Gasteiger partial charge is 0.128 e. The van der Waals surface area contributed by atoms with Gasteiger partial charge in [0, 0.05) is 10.0 Å². The van der Waals surface area contributed by atoms with Gasteiger partial charge in [0.1, 0.15) is 5.82 Å². The Morgan fingerprint density at radius 1 is 1.28 bits per heavy atom. The average Bonchev–Trinajstić information content (AvgIpc) is 3.09. The molecular weight excluding hydrogens is 295 g/mol. The van der Waals surface area contributed by atoms with Crippen LogP contribution in [0, 0.1) is 23.6 Å². The predicted molar refractivity (Wildman–Crippen MR) is 73.1 cm³/mol. The van der Waals surface area contributed by atoms with Crippen molar-refractivity contribution in [3.05, 3.63) is 34.1 Å². The third-order valence-electron chi connectivity index (χ3n) is 4.58. The highest BCUT2D eigenvalue weighted by molar-refractivity contribution is 9.10. The molecule has 2 saturated carbocycles. The van der Waals surface area contributed by atoms with E-state index in [0.717, 1.165) is 16.3 Å². The molecular formula is C14H18BrFN2. The number of fused-ring (bicyclic) bond motifs is 1. The first-order valence-electron chi connectivity index (χ1n) is 6.63. The lowest BCUT2D eigenvalue weighted by Gasteiger charge is -2.18. The zero-order valence-corrected chi connectivity index (χ0v) is 11.8. The average molecular weight is 313 g/mol. The lowest BCUT2D eigenvalue weighted by molar-refractivity contribution is 0.436. The Hall–Kier alpha value is -0.450. The Labute approximate surface area is 115 Å². The first-order valence-corrected chi connectivity index (χ1v) is 7.42. The van der Waals surface area contributed by atoms with Crippen molar-refractivity contribution in [3.8, 4) is 0 Å². The lowest BCUT2D eigenvalue weighted by atomic mass is 10.00. The number of benzene rings is 1. The van der Waals surface area contributed by atoms with Gasteiger partial charge in [0.25, 0.3) is 0 Å². The van der Waals surface area contributed by atoms with E-state index in [1.165, 1.54) is 31.7 Å². The molecule has 98 valence electrons. The largest absolute Gasteiger partial charge is 0.271 e. The molecule has 0 heterocycles. The summed E-state index contributed by atoms with van der Waals surface area (Å²) in [6, 6.07) is 5.04. The molecule has 3 rings (SSSR count). The van der Waals surface area contributed by atoms with Crippen LogP contribution in [0.5, 0.6) is 0 Å². The van der Waals surface area contributed by atoms with E-state index in [1.807, 2.05) is 6.07 Å². The van der Waals surface area contributed by atoms with Gasteiger partial charge in [-0.3, -0.25) is 11.3 Å². The third-order valence-corrected chi connectivity index (χ3v) is 5.07. The molecule has 0 bridgehead atoms. The summed E-state index contributed by atoms with van der Waals surface area (Å²) in [7, 11) is 0. The van der Waals surface area contributed by atoms with Crippen LogP contribution in [0.15, 0.2) is 22.7 Å². The second-order valence-corrected chi connectivity index (χ2v) is 6.42. The maximum atomic E-state index is 14.0. The zero-order valence-electron chi connectivity index (χ0n) is 10.2. The van der Waals surface area contributed by atoms with Crippen molar-refractivity contribution in [1.29, 1.82) is 0 Å². The summed E-state index contributed by atoms with van der Waals surface area (Å²) in [6.07, 6.45) is 5.19. The molecule has 3 N–H and O–H groups in total. The van der Waals surface area contributed by atoms with E-state index in [1.54, 1.807) is 6.07 Å². The second kappa shape index (κ2) is 4.91. The van der Waals surface area contributed by atoms with Crippen LogP contribution in [-0.2, 0) is 0 Å². The normalized spacial score (nSPS) is 31.8. The van der Waals surface area contributed by atoms with E-state index in [9.17, 15) is 4.39 Å². The zero-order chi connectivity index (χ0) is 12.7. The van der Waals surface area contributed by atoms with E-state index in [4.69, 9.17) is 5.84 Å². The van der Waals surface area contributed by atoms with E-state index < -0.39 is 0 Å². The number of hydrazine groups is 1. The van der Waals surface area contributed by atoms with Crippen molar-refractivity contribution < 1.29 is 4.39 Å². The first kappa shape index (κ1) is 12.6. The highest BCUT2D eigenvalue weighted by Gasteiger charge is 2.54. The summed E-state index contributed by atoms with van der Waals surface area (Å²) in [4.78, 5) is 0. The fraction of sp³-hybridized carbons (Fsp3) is 0.571. The quantitative estimate of drug-likeness (QED) is 0.662. The minimum absolute atomic E-state index is 0.0457. The number of hydrogen-bond donors (Lipinski definition) is 2. The molecule has 0 aromatic heterocycles. The highest BCUT2D eigenvalue weighted by Crippen LogP contribution is 2.60. The van der Waals surface area contributed by atoms with Gasteiger partial charge in [-0.15, -0.1) is 0 Å². The monoisotopic (exact) mass is 312 g/mol. The molecule has 18 heavy (non-hydrogen) atoms. The number of rotatable bonds is 3. The Morgan fingerprint density at radius 3 is 2.56 bits per heavy atom. The Bertz CT molecular complexity index is 439. The van der Waals surface area contributed by atoms with Crippen LogP contribution in [0.2, 0.25) is 0 Å². The van der Waals surface area contributed by atoms with Crippen molar-refractivity contribution in [2.45, 2.75) is 31.7 Å². The minimum atomic E-state index is -0.162. The molecule has 0 amide bonds. The van der Waals surface area contributed by atoms with Crippen molar-refractivity contribution >= 4 is 15.9 Å². The summed E-state index contributed by atoms with van der Waals surface area (Å²) in [6.45, 7) is 0. The molecule has 0 spiro atoms. The Balaban J connectivity index is 1.86. The topological polar surface area (TPSA) is 38.0 Å². The van der Waals surface area contributed by atoms with E-state index in [0.29, 0.717) is 11.5 Å². The Kier molecular flexibility index (Phi) is 3.43. The minimum Gasteiger partial charge on any atom is -0.271 e. The highest BCUT2D eigenvalue weighted by atomic mass is 79.9. The van der Waals surface area contributed by atoms with Crippen LogP contribution < -0.4 is 11.3 Å². The molecule has 3 atom stereocenters. The fourth-order valence-electron chi connectivity index (χ4n) is 3.70. The van der Waals surface area contributed by atoms with Gasteiger partial charge in [-0.1, -0.05) is 28.8 Å². The second-order valence-electron chi connectivity index (χ2n) is 5.50. The van der Waals surface area contributed by atoms with Crippen molar-refractivity contribution in [1.82, 2.24) is 5.43 Å². The molecule has 2 aliphatic carbocycles. The first-order chi connectivity index (χ1) is 8.72. The lowest BCUT2D eigenvalue weighted by Crippen LogP contribution is -2.31. The summed E-state index contributed by atoms with van der Waals surface area (Å²) in [5.74, 6) is 7.54. The van der Waals surface area contributed by atoms with Gasteiger partial charge in [-0.25, -0.2) is 4.39 Å². The molecule has 1 aromatic rings. The van der Waals surface area contributed by atoms with Crippen LogP contribution in [0.4, 0.5) is 4.39 Å². The molecule has 3 unspecified atom stereocenters. The standard InChI is InChI=1S/C14H18BrFN2/c15-8-5-6-12(16)11(7-8)14(18-17)13-9-3-1-2-4-10(9)13/h5-7,9-10,13-14,18H,1-4,17H2. The number of nitrogens with one attached hydrogen (secondary N) is 1. The molecule has 0 radical (unpaired) electrons. The van der Waals surface area contributed by atoms with Gasteiger partial charge in [0.15, 0.2) is 0 Å². The molecule has 1 aromatic carbocycles. The van der Waals surface area contributed by atoms with Gasteiger partial charge in [-0.05, 0) is 48.8 Å². The number of nitrogens with two attached hydrogens (primary N) is 1. The summed E-state index contributed by atoms with van der Waals surface area (Å²) < 4.78 is 14.9. The number of hydrogen-bond acceptors (Lipinski definition) is 2. The van der Waals surface area contributed by atoms with E-state index in [2.05, 4.69) is 21.4 Å². The molecule has 0 aliphatic heterocycles. The van der Waals surface area contributed by atoms with Gasteiger partial charge in [0.2, 0.25) is 0 Å². The molecule has 0 saturated heterocycles. The van der Waals surface area contributed by atoms with Crippen LogP contribution in [0.25, 0.3) is 0 Å². The summed E-state index contributed by atoms with van der Waals surface area (Å²) in [5.41, 5.74) is 3.54. The predicted octanol–water partition coefficient (Wildman–Crippen LogP) is 3.53. The van der Waals surface area contributed by atoms with Crippen LogP contribution in [0.1, 0.15) is 37.3 Å². The summed E-state index contributed by atoms with van der Waals surface area (Å²) >= 11 is 3.40. The van der Waals surface area contributed by atoms with Crippen molar-refractivity contribution in [2.24, 2.45) is 23.6 Å². The molecule has 2 aliphatic rings. The Morgan fingerprint density at radius 2 is 1.94 bits per heavy atom. The molecule has 2 fully saturated rings. The number of halogens is 2. The fourth-order valence-corrected chi connectivity index (χ4v) is 4.08. The van der Waals surface area contributed by atoms with Crippen molar-refractivity contribution in [3.63, 3.8) is 0 Å². The van der Waals surface area contributed by atoms with Gasteiger partial charge >= 0.3 is 0 Å². The maximum Gasteiger partial charge on any atom is 0.128 e. The summed E-state index contributed by atoms with van der Waals surface area (Å²) in [5, 5.41) is 0. The van der Waals surface area contributed by atoms with Crippen LogP contribution in [-0.4, -0.2) is 0 Å². The SMILES string of the molecule is NNC(c1cc(Br)ccc1F)C1C2CCCCC21. The van der Waals surface area contributed by atoms with E-state index in [-0.39, 0.29) is 11.9 Å². The van der Waals surface area contributed by atoms with E-state index >= 15 is 0 Å². The van der Waals surface area contributed by atoms with Crippen LogP contribution >= 0.6 is 15.9 Å². The van der Waals surface area contributed by atoms with Gasteiger partial charge in [-0.2, -0.15) is 0 Å². The molecule has 2 nitrogen and oxygen atoms in total. The van der Waals surface area contributed by atoms with Gasteiger partial charge < -0.3 is 0 Å². The molecule has 4 heteroatoms. The third kappa shape index (κ3) is 2.10. The maximum absolute atomic E-state index is 14.0. The van der Waals surface area contributed by atoms with Gasteiger partial charge in [0.05, 0.1) is 6.04 Å². The van der Waals surface area contributed by atoms with Crippen LogP contribution in [0.3, 0.4) is 0 Å². The van der Waals surface area contributed by atoms with Crippen molar-refractivity contribution in [2.75, 3.05) is 0 Å².